The molecule has 0 saturated heterocycles. The topological polar surface area (TPSA) is 67.2 Å². The van der Waals surface area contributed by atoms with E-state index in [1.807, 2.05) is 19.1 Å². The minimum atomic E-state index is -1.01. The van der Waals surface area contributed by atoms with Crippen molar-refractivity contribution in [1.82, 2.24) is 0 Å². The summed E-state index contributed by atoms with van der Waals surface area (Å²) in [7, 11) is 0.379. The van der Waals surface area contributed by atoms with Gasteiger partial charge in [0, 0.05) is 22.3 Å². The highest BCUT2D eigenvalue weighted by atomic mass is 32.2. The molecule has 1 aromatic rings. The van der Waals surface area contributed by atoms with Crippen molar-refractivity contribution < 1.29 is 13.7 Å². The van der Waals surface area contributed by atoms with Gasteiger partial charge in [0.05, 0.1) is 25.2 Å². The van der Waals surface area contributed by atoms with E-state index in [2.05, 4.69) is 6.07 Å². The molecular formula is C16H19NO3S. The molecule has 1 aromatic carbocycles. The van der Waals surface area contributed by atoms with Gasteiger partial charge in [-0.15, -0.1) is 0 Å². The quantitative estimate of drug-likeness (QED) is 0.757. The molecule has 0 amide bonds. The average Bonchev–Trinajstić information content (AvgIpc) is 3.19. The van der Waals surface area contributed by atoms with Crippen molar-refractivity contribution in [2.45, 2.75) is 31.9 Å². The third-order valence-electron chi connectivity index (χ3n) is 3.96. The second-order valence-electron chi connectivity index (χ2n) is 5.73. The van der Waals surface area contributed by atoms with Gasteiger partial charge < -0.3 is 4.74 Å². The van der Waals surface area contributed by atoms with Crippen LogP contribution in [-0.2, 0) is 26.1 Å². The summed E-state index contributed by atoms with van der Waals surface area (Å²) in [6.07, 6.45) is 2.25. The highest BCUT2D eigenvalue weighted by Gasteiger charge is 2.45. The Hall–Kier alpha value is -1.67. The second kappa shape index (κ2) is 6.40. The number of hydrogen-bond acceptors (Lipinski definition) is 4. The molecule has 0 aliphatic heterocycles. The van der Waals surface area contributed by atoms with Gasteiger partial charge >= 0.3 is 5.97 Å². The van der Waals surface area contributed by atoms with Crippen LogP contribution in [0.25, 0.3) is 0 Å². The summed E-state index contributed by atoms with van der Waals surface area (Å²) in [6, 6.07) is 7.53. The van der Waals surface area contributed by atoms with Gasteiger partial charge in [0.1, 0.15) is 0 Å². The molecule has 2 rings (SSSR count). The van der Waals surface area contributed by atoms with Gasteiger partial charge in [-0.25, -0.2) is 0 Å². The summed E-state index contributed by atoms with van der Waals surface area (Å²) in [5.41, 5.74) is 2.49. The Labute approximate surface area is 127 Å². The van der Waals surface area contributed by atoms with E-state index in [1.54, 1.807) is 6.07 Å². The molecule has 112 valence electrons. The second-order valence-corrected chi connectivity index (χ2v) is 7.19. The van der Waals surface area contributed by atoms with Crippen LogP contribution in [0.2, 0.25) is 0 Å². The maximum Gasteiger partial charge on any atom is 0.306 e. The number of benzene rings is 1. The molecule has 1 unspecified atom stereocenters. The molecule has 4 nitrogen and oxygen atoms in total. The van der Waals surface area contributed by atoms with Gasteiger partial charge in [-0.3, -0.25) is 9.00 Å². The van der Waals surface area contributed by atoms with Gasteiger partial charge in [0.2, 0.25) is 0 Å². The number of aryl methyl sites for hydroxylation is 1. The van der Waals surface area contributed by atoms with Crippen molar-refractivity contribution in [2.24, 2.45) is 5.41 Å². The fourth-order valence-corrected chi connectivity index (χ4v) is 4.27. The number of rotatable bonds is 6. The van der Waals surface area contributed by atoms with Crippen molar-refractivity contribution in [2.75, 3.05) is 12.9 Å². The van der Waals surface area contributed by atoms with E-state index in [9.17, 15) is 9.00 Å². The number of methoxy groups -OCH3 is 1. The van der Waals surface area contributed by atoms with Crippen LogP contribution in [0.3, 0.4) is 0 Å². The van der Waals surface area contributed by atoms with Crippen LogP contribution in [0.4, 0.5) is 0 Å². The van der Waals surface area contributed by atoms with Crippen molar-refractivity contribution in [1.29, 1.82) is 5.26 Å². The number of carbonyl (C=O) groups excluding carboxylic acids is 1. The maximum atomic E-state index is 12.3. The van der Waals surface area contributed by atoms with Crippen LogP contribution in [-0.4, -0.2) is 23.0 Å². The number of nitriles is 1. The van der Waals surface area contributed by atoms with Gasteiger partial charge in [-0.2, -0.15) is 5.26 Å². The summed E-state index contributed by atoms with van der Waals surface area (Å²) in [4.78, 5) is 11.4. The van der Waals surface area contributed by atoms with Crippen LogP contribution < -0.4 is 0 Å². The number of esters is 1. The molecule has 1 fully saturated rings. The zero-order valence-corrected chi connectivity index (χ0v) is 13.2. The highest BCUT2D eigenvalue weighted by Crippen LogP contribution is 2.49. The molecule has 0 aromatic heterocycles. The monoisotopic (exact) mass is 305 g/mol. The Morgan fingerprint density at radius 1 is 1.48 bits per heavy atom. The smallest absolute Gasteiger partial charge is 0.306 e. The Kier molecular flexibility index (Phi) is 4.79. The fraction of sp³-hybridized carbons (Fsp3) is 0.500. The first kappa shape index (κ1) is 15.7. The summed E-state index contributed by atoms with van der Waals surface area (Å²) < 4.78 is 17.0. The fourth-order valence-electron chi connectivity index (χ4n) is 2.42. The van der Waals surface area contributed by atoms with Gasteiger partial charge in [0.15, 0.2) is 0 Å². The Morgan fingerprint density at radius 3 is 2.71 bits per heavy atom. The number of ether oxygens (including phenoxy) is 1. The molecule has 0 radical (unpaired) electrons. The van der Waals surface area contributed by atoms with Gasteiger partial charge in [-0.05, 0) is 48.4 Å². The lowest BCUT2D eigenvalue weighted by Crippen LogP contribution is -2.18. The molecule has 1 aliphatic carbocycles. The lowest BCUT2D eigenvalue weighted by molar-refractivity contribution is -0.141. The van der Waals surface area contributed by atoms with Crippen molar-refractivity contribution in [3.05, 3.63) is 34.9 Å². The summed E-state index contributed by atoms with van der Waals surface area (Å²) in [6.45, 7) is 1.93. The third-order valence-corrected chi connectivity index (χ3v) is 5.53. The zero-order valence-electron chi connectivity index (χ0n) is 12.3. The van der Waals surface area contributed by atoms with E-state index < -0.39 is 10.8 Å². The molecule has 1 atom stereocenters. The highest BCUT2D eigenvalue weighted by molar-refractivity contribution is 7.84. The third kappa shape index (κ3) is 4.15. The van der Waals surface area contributed by atoms with E-state index in [0.717, 1.165) is 24.0 Å². The molecule has 0 spiro atoms. The van der Waals surface area contributed by atoms with Crippen LogP contribution >= 0.6 is 0 Å². The lowest BCUT2D eigenvalue weighted by atomic mass is 10.1. The summed E-state index contributed by atoms with van der Waals surface area (Å²) in [5.74, 6) is 0.793. The first-order valence-corrected chi connectivity index (χ1v) is 8.38. The maximum absolute atomic E-state index is 12.3. The minimum Gasteiger partial charge on any atom is -0.469 e. The van der Waals surface area contributed by atoms with Crippen molar-refractivity contribution >= 4 is 16.8 Å². The Bertz CT molecular complexity index is 614. The normalized spacial score (nSPS) is 16.8. The average molecular weight is 305 g/mol. The molecular weight excluding hydrogens is 286 g/mol. The summed E-state index contributed by atoms with van der Waals surface area (Å²) >= 11 is 0. The van der Waals surface area contributed by atoms with Crippen LogP contribution in [0.15, 0.2) is 18.2 Å². The minimum absolute atomic E-state index is 0.113. The van der Waals surface area contributed by atoms with E-state index in [4.69, 9.17) is 10.00 Å². The molecule has 0 N–H and O–H groups in total. The zero-order chi connectivity index (χ0) is 15.5. The van der Waals surface area contributed by atoms with E-state index in [-0.39, 0.29) is 11.4 Å². The number of hydrogen-bond donors (Lipinski definition) is 0. The lowest BCUT2D eigenvalue weighted by Gasteiger charge is -2.14. The Morgan fingerprint density at radius 2 is 2.19 bits per heavy atom. The molecule has 5 heteroatoms. The number of carbonyl (C=O) groups is 1. The largest absolute Gasteiger partial charge is 0.469 e. The first-order valence-electron chi connectivity index (χ1n) is 6.89. The van der Waals surface area contributed by atoms with E-state index >= 15 is 0 Å². The van der Waals surface area contributed by atoms with Gasteiger partial charge in [-0.1, -0.05) is 6.07 Å². The predicted octanol–water partition coefficient (Wildman–Crippen LogP) is 2.46. The van der Waals surface area contributed by atoms with Crippen LogP contribution in [0.1, 0.15) is 36.0 Å². The first-order chi connectivity index (χ1) is 9.98. The molecule has 0 heterocycles. The number of nitrogens with zero attached hydrogens (tertiary/aromatic N) is 1. The van der Waals surface area contributed by atoms with E-state index in [1.165, 1.54) is 7.11 Å². The van der Waals surface area contributed by atoms with E-state index in [0.29, 0.717) is 23.5 Å². The van der Waals surface area contributed by atoms with Crippen molar-refractivity contribution in [3.8, 4) is 6.07 Å². The van der Waals surface area contributed by atoms with Crippen LogP contribution in [0.5, 0.6) is 0 Å². The molecule has 0 bridgehead atoms. The molecule has 1 aliphatic rings. The van der Waals surface area contributed by atoms with Crippen molar-refractivity contribution in [3.63, 3.8) is 0 Å². The Balaban J connectivity index is 1.96. The van der Waals surface area contributed by atoms with Gasteiger partial charge in [0.25, 0.3) is 0 Å². The predicted molar refractivity (Wildman–Crippen MR) is 80.9 cm³/mol. The standard InChI is InChI=1S/C16H19NO3S/c1-12-7-13(9-17)3-4-14(12)10-21(19)11-16(5-6-16)8-15(18)20-2/h3-4,7H,5-6,8,10-11H2,1-2H3. The van der Waals surface area contributed by atoms with Crippen LogP contribution in [0, 0.1) is 23.7 Å². The SMILES string of the molecule is COC(=O)CC1(CS(=O)Cc2ccc(C#N)cc2C)CC1. The molecule has 21 heavy (non-hydrogen) atoms. The summed E-state index contributed by atoms with van der Waals surface area (Å²) in [5, 5.41) is 8.85. The molecule has 1 saturated carbocycles.